The molecule has 3 heterocycles. The molecule has 1 saturated heterocycles. The van der Waals surface area contributed by atoms with Crippen LogP contribution < -0.4 is 0 Å². The molecule has 0 radical (unpaired) electrons. The Hall–Kier alpha value is -5.13. The van der Waals surface area contributed by atoms with Gasteiger partial charge in [0, 0.05) is 0 Å². The van der Waals surface area contributed by atoms with E-state index in [0.29, 0.717) is 5.56 Å². The number of carbonyl (C=O) groups excluding carboxylic acids is 3. The highest BCUT2D eigenvalue weighted by Crippen LogP contribution is 2.45. The van der Waals surface area contributed by atoms with Crippen molar-refractivity contribution >= 4 is 40.7 Å². The summed E-state index contributed by atoms with van der Waals surface area (Å²) in [7, 11) is 0. The Labute approximate surface area is 256 Å². The van der Waals surface area contributed by atoms with Crippen molar-refractivity contribution in [1.82, 2.24) is 19.5 Å². The molecule has 6 rings (SSSR count). The lowest BCUT2D eigenvalue weighted by Gasteiger charge is -2.34. The van der Waals surface area contributed by atoms with Gasteiger partial charge < -0.3 is 18.9 Å². The first-order valence-electron chi connectivity index (χ1n) is 13.6. The third-order valence-electron chi connectivity index (χ3n) is 7.22. The number of benzene rings is 3. The van der Waals surface area contributed by atoms with Gasteiger partial charge in [0.2, 0.25) is 0 Å². The minimum atomic E-state index is -1.69. The van der Waals surface area contributed by atoms with Crippen LogP contribution in [0.1, 0.15) is 44.2 Å². The van der Waals surface area contributed by atoms with E-state index in [2.05, 4.69) is 15.0 Å². The maximum absolute atomic E-state index is 13.5. The second-order valence-corrected chi connectivity index (χ2v) is 10.5. The van der Waals surface area contributed by atoms with Gasteiger partial charge in [-0.05, 0) is 43.3 Å². The van der Waals surface area contributed by atoms with Crippen molar-refractivity contribution in [3.8, 4) is 0 Å². The van der Waals surface area contributed by atoms with Crippen molar-refractivity contribution in [2.24, 2.45) is 0 Å². The molecule has 3 aromatic carbocycles. The summed E-state index contributed by atoms with van der Waals surface area (Å²) < 4.78 is 25.8. The molecule has 1 unspecified atom stereocenters. The quantitative estimate of drug-likeness (QED) is 0.133. The molecule has 0 N–H and O–H groups in total. The third-order valence-corrected chi connectivity index (χ3v) is 7.49. The monoisotopic (exact) mass is 612 g/mol. The molecule has 0 saturated carbocycles. The number of nitrogens with zero attached hydrogens (tertiary/aromatic N) is 4. The highest BCUT2D eigenvalue weighted by molar-refractivity contribution is 6.33. The lowest BCUT2D eigenvalue weighted by Crippen LogP contribution is -2.50. The van der Waals surface area contributed by atoms with E-state index in [9.17, 15) is 14.4 Å². The van der Waals surface area contributed by atoms with Gasteiger partial charge in [-0.1, -0.05) is 66.2 Å². The number of esters is 3. The number of hydrogen-bond donors (Lipinski definition) is 0. The van der Waals surface area contributed by atoms with Gasteiger partial charge in [-0.15, -0.1) is 0 Å². The van der Waals surface area contributed by atoms with Crippen molar-refractivity contribution in [3.63, 3.8) is 0 Å². The summed E-state index contributed by atoms with van der Waals surface area (Å²) in [6.07, 6.45) is -0.814. The first kappa shape index (κ1) is 29.0. The highest BCUT2D eigenvalue weighted by Gasteiger charge is 2.60. The fourth-order valence-electron chi connectivity index (χ4n) is 5.05. The molecular formula is C32H25ClN4O7. The summed E-state index contributed by atoms with van der Waals surface area (Å²) in [5.74, 6) is -2.00. The molecule has 0 bridgehead atoms. The predicted octanol–water partition coefficient (Wildman–Crippen LogP) is 5.08. The normalized spacial score (nSPS) is 21.1. The Balaban J connectivity index is 1.41. The Morgan fingerprint density at radius 3 is 2.00 bits per heavy atom. The van der Waals surface area contributed by atoms with Crippen LogP contribution in [0.3, 0.4) is 0 Å². The summed E-state index contributed by atoms with van der Waals surface area (Å²) in [4.78, 5) is 52.4. The number of aromatic nitrogens is 4. The molecule has 0 spiro atoms. The molecule has 2 aromatic heterocycles. The lowest BCUT2D eigenvalue weighted by atomic mass is 9.95. The fourth-order valence-corrected chi connectivity index (χ4v) is 5.23. The number of ether oxygens (including phenoxy) is 4. The summed E-state index contributed by atoms with van der Waals surface area (Å²) in [5.41, 5.74) is -0.268. The van der Waals surface area contributed by atoms with Gasteiger partial charge in [-0.3, -0.25) is 4.57 Å². The average Bonchev–Trinajstić information content (AvgIpc) is 3.60. The molecule has 222 valence electrons. The van der Waals surface area contributed by atoms with E-state index in [1.165, 1.54) is 17.2 Å². The molecular weight excluding hydrogens is 588 g/mol. The smallest absolute Gasteiger partial charge is 0.338 e. The number of hydrogen-bond acceptors (Lipinski definition) is 10. The van der Waals surface area contributed by atoms with Crippen LogP contribution in [-0.4, -0.2) is 61.8 Å². The predicted molar refractivity (Wildman–Crippen MR) is 157 cm³/mol. The van der Waals surface area contributed by atoms with Crippen LogP contribution in [0.25, 0.3) is 11.2 Å². The maximum Gasteiger partial charge on any atom is 0.338 e. The van der Waals surface area contributed by atoms with E-state index in [4.69, 9.17) is 30.5 Å². The van der Waals surface area contributed by atoms with Crippen LogP contribution in [0.2, 0.25) is 5.15 Å². The van der Waals surface area contributed by atoms with E-state index < -0.39 is 41.9 Å². The van der Waals surface area contributed by atoms with E-state index in [1.54, 1.807) is 97.9 Å². The number of halogens is 1. The largest absolute Gasteiger partial charge is 0.459 e. The third kappa shape index (κ3) is 5.62. The number of imidazole rings is 1. The van der Waals surface area contributed by atoms with Gasteiger partial charge in [0.1, 0.15) is 24.6 Å². The Morgan fingerprint density at radius 2 is 1.39 bits per heavy atom. The van der Waals surface area contributed by atoms with Crippen LogP contribution in [-0.2, 0) is 18.9 Å². The molecule has 0 amide bonds. The van der Waals surface area contributed by atoms with E-state index >= 15 is 0 Å². The molecule has 44 heavy (non-hydrogen) atoms. The van der Waals surface area contributed by atoms with E-state index in [-0.39, 0.29) is 34.1 Å². The zero-order valence-corrected chi connectivity index (χ0v) is 24.0. The second-order valence-electron chi connectivity index (χ2n) is 10.1. The Kier molecular flexibility index (Phi) is 8.05. The minimum Gasteiger partial charge on any atom is -0.459 e. The first-order valence-corrected chi connectivity index (χ1v) is 14.0. The van der Waals surface area contributed by atoms with Crippen molar-refractivity contribution in [1.29, 1.82) is 0 Å². The van der Waals surface area contributed by atoms with Crippen molar-refractivity contribution in [2.45, 2.75) is 31.0 Å². The van der Waals surface area contributed by atoms with Gasteiger partial charge in [-0.25, -0.2) is 29.3 Å². The van der Waals surface area contributed by atoms with Crippen LogP contribution >= 0.6 is 11.6 Å². The average molecular weight is 613 g/mol. The summed E-state index contributed by atoms with van der Waals surface area (Å²) >= 11 is 6.27. The lowest BCUT2D eigenvalue weighted by molar-refractivity contribution is -0.108. The van der Waals surface area contributed by atoms with Crippen LogP contribution in [0, 0.1) is 0 Å². The van der Waals surface area contributed by atoms with Crippen molar-refractivity contribution in [3.05, 3.63) is 125 Å². The summed E-state index contributed by atoms with van der Waals surface area (Å²) in [5, 5.41) is 0.107. The summed E-state index contributed by atoms with van der Waals surface area (Å²) in [6, 6.07) is 25.1. The molecule has 1 fully saturated rings. The van der Waals surface area contributed by atoms with Gasteiger partial charge >= 0.3 is 17.9 Å². The maximum atomic E-state index is 13.5. The van der Waals surface area contributed by atoms with Crippen LogP contribution in [0.5, 0.6) is 0 Å². The van der Waals surface area contributed by atoms with Gasteiger partial charge in [0.15, 0.2) is 28.7 Å². The minimum absolute atomic E-state index is 0.107. The standard InChI is InChI=1S/C32H25ClN4O7/c1-32(44-30(40)22-15-9-4-10-16-22)25(43-29(39)21-13-7-3-8-14-21)23(17-41-28(38)20-11-5-2-6-12-20)42-31(32)37-19-36-24-26(33)34-18-35-27(24)37/h2-16,18-19,23,25,31H,17H2,1H3/t23-,25-,31?,32+/m1/s1. The zero-order chi connectivity index (χ0) is 30.7. The Morgan fingerprint density at radius 1 is 0.818 bits per heavy atom. The molecule has 4 atom stereocenters. The molecule has 1 aliphatic rings. The van der Waals surface area contributed by atoms with Gasteiger partial charge in [0.05, 0.1) is 23.0 Å². The van der Waals surface area contributed by atoms with E-state index in [0.717, 1.165) is 0 Å². The van der Waals surface area contributed by atoms with Gasteiger partial charge in [0.25, 0.3) is 0 Å². The number of rotatable bonds is 8. The SMILES string of the molecule is C[C@@]1(OC(=O)c2ccccc2)C(n2cnc3c(Cl)ncnc32)O[C@H](COC(=O)c2ccccc2)[C@H]1OC(=O)c1ccccc1. The summed E-state index contributed by atoms with van der Waals surface area (Å²) in [6.45, 7) is 1.24. The zero-order valence-electron chi connectivity index (χ0n) is 23.3. The van der Waals surface area contributed by atoms with Gasteiger partial charge in [-0.2, -0.15) is 0 Å². The fraction of sp³-hybridized carbons (Fsp3) is 0.188. The first-order chi connectivity index (χ1) is 21.3. The topological polar surface area (TPSA) is 132 Å². The molecule has 12 heteroatoms. The number of fused-ring (bicyclic) bond motifs is 1. The van der Waals surface area contributed by atoms with E-state index in [1.807, 2.05) is 0 Å². The van der Waals surface area contributed by atoms with Crippen molar-refractivity contribution < 1.29 is 33.3 Å². The second kappa shape index (κ2) is 12.2. The van der Waals surface area contributed by atoms with Crippen molar-refractivity contribution in [2.75, 3.05) is 6.61 Å². The molecule has 0 aliphatic carbocycles. The molecule has 11 nitrogen and oxygen atoms in total. The number of carbonyl (C=O) groups is 3. The Bertz CT molecular complexity index is 1800. The molecule has 1 aliphatic heterocycles. The van der Waals surface area contributed by atoms with Crippen LogP contribution in [0.15, 0.2) is 104 Å². The molecule has 5 aromatic rings. The van der Waals surface area contributed by atoms with Crippen LogP contribution in [0.4, 0.5) is 0 Å². The highest BCUT2D eigenvalue weighted by atomic mass is 35.5.